The first-order chi connectivity index (χ1) is 9.22. The van der Waals surface area contributed by atoms with Gasteiger partial charge in [-0.2, -0.15) is 4.98 Å². The average molecular weight is 281 g/mol. The number of hydrogen-bond acceptors (Lipinski definition) is 6. The number of rotatable bonds is 5. The van der Waals surface area contributed by atoms with E-state index in [1.807, 2.05) is 18.2 Å². The molecule has 0 fully saturated rings. The Labute approximate surface area is 115 Å². The Bertz CT molecular complexity index is 565. The first kappa shape index (κ1) is 13.5. The van der Waals surface area contributed by atoms with Crippen molar-refractivity contribution in [1.29, 1.82) is 0 Å². The molecule has 0 saturated heterocycles. The number of nitrogens with two attached hydrogens (primary N) is 1. The highest BCUT2D eigenvalue weighted by molar-refractivity contribution is 6.31. The van der Waals surface area contributed by atoms with Crippen LogP contribution in [-0.2, 0) is 11.3 Å². The van der Waals surface area contributed by atoms with E-state index in [0.717, 1.165) is 5.56 Å². The summed E-state index contributed by atoms with van der Waals surface area (Å²) in [6, 6.07) is 7.44. The fourth-order valence-corrected chi connectivity index (χ4v) is 1.60. The van der Waals surface area contributed by atoms with Crippen LogP contribution < -0.4 is 16.0 Å². The fourth-order valence-electron chi connectivity index (χ4n) is 1.47. The third-order valence-electron chi connectivity index (χ3n) is 2.27. The quantitative estimate of drug-likeness (QED) is 0.646. The number of ether oxygens (including phenoxy) is 2. The minimum Gasteiger partial charge on any atom is -0.437 e. The normalized spacial score (nSPS) is 10.3. The molecule has 0 aliphatic heterocycles. The van der Waals surface area contributed by atoms with Crippen molar-refractivity contribution in [3.8, 4) is 11.6 Å². The third-order valence-corrected chi connectivity index (χ3v) is 2.52. The smallest absolute Gasteiger partial charge is 0.243 e. The van der Waals surface area contributed by atoms with Crippen molar-refractivity contribution in [2.45, 2.75) is 6.61 Å². The van der Waals surface area contributed by atoms with E-state index in [-0.39, 0.29) is 11.8 Å². The fraction of sp³-hybridized carbons (Fsp3) is 0.167. The summed E-state index contributed by atoms with van der Waals surface area (Å²) < 4.78 is 10.7. The first-order valence-corrected chi connectivity index (χ1v) is 5.85. The van der Waals surface area contributed by atoms with E-state index in [1.165, 1.54) is 6.20 Å². The number of hydrogen-bond donors (Lipinski definition) is 2. The second kappa shape index (κ2) is 6.33. The lowest BCUT2D eigenvalue weighted by Crippen LogP contribution is -2.10. The molecule has 0 aliphatic rings. The minimum atomic E-state index is 0.229. The number of halogens is 1. The predicted molar refractivity (Wildman–Crippen MR) is 72.1 cm³/mol. The molecular formula is C12H13ClN4O2. The highest BCUT2D eigenvalue weighted by Gasteiger charge is 2.08. The third kappa shape index (κ3) is 3.54. The molecule has 0 spiro atoms. The van der Waals surface area contributed by atoms with Crippen LogP contribution in [0.25, 0.3) is 0 Å². The van der Waals surface area contributed by atoms with Crippen molar-refractivity contribution in [3.63, 3.8) is 0 Å². The summed E-state index contributed by atoms with van der Waals surface area (Å²) >= 11 is 5.96. The summed E-state index contributed by atoms with van der Waals surface area (Å²) in [5.41, 5.74) is 3.32. The zero-order valence-corrected chi connectivity index (χ0v) is 11.0. The Hall–Kier alpha value is -1.89. The molecule has 1 aromatic heterocycles. The average Bonchev–Trinajstić information content (AvgIpc) is 2.42. The zero-order chi connectivity index (χ0) is 13.7. The SMILES string of the molecule is COCc1cccc(Oc2nc(NN)ncc2Cl)c1. The van der Waals surface area contributed by atoms with E-state index in [9.17, 15) is 0 Å². The summed E-state index contributed by atoms with van der Waals surface area (Å²) in [4.78, 5) is 7.90. The number of hydrazine groups is 1. The molecule has 0 bridgehead atoms. The molecule has 1 heterocycles. The maximum Gasteiger partial charge on any atom is 0.243 e. The standard InChI is InChI=1S/C12H13ClN4O2/c1-18-7-8-3-2-4-9(5-8)19-11-10(13)6-15-12(16-11)17-14/h2-6H,7,14H2,1H3,(H,15,16,17). The second-order valence-corrected chi connectivity index (χ2v) is 4.08. The van der Waals surface area contributed by atoms with Crippen LogP contribution in [0.15, 0.2) is 30.5 Å². The summed E-state index contributed by atoms with van der Waals surface area (Å²) in [6.07, 6.45) is 1.41. The Balaban J connectivity index is 2.22. The van der Waals surface area contributed by atoms with Crippen LogP contribution in [0.3, 0.4) is 0 Å². The molecular weight excluding hydrogens is 268 g/mol. The zero-order valence-electron chi connectivity index (χ0n) is 10.3. The van der Waals surface area contributed by atoms with Gasteiger partial charge in [0.15, 0.2) is 0 Å². The maximum absolute atomic E-state index is 5.96. The Morgan fingerprint density at radius 2 is 2.26 bits per heavy atom. The van der Waals surface area contributed by atoms with E-state index in [1.54, 1.807) is 13.2 Å². The van der Waals surface area contributed by atoms with Gasteiger partial charge in [-0.05, 0) is 17.7 Å². The van der Waals surface area contributed by atoms with E-state index in [0.29, 0.717) is 17.4 Å². The summed E-state index contributed by atoms with van der Waals surface area (Å²) in [6.45, 7) is 0.504. The van der Waals surface area contributed by atoms with Crippen LogP contribution in [0.1, 0.15) is 5.56 Å². The van der Waals surface area contributed by atoms with Crippen LogP contribution in [0.2, 0.25) is 5.02 Å². The Kier molecular flexibility index (Phi) is 4.51. The maximum atomic E-state index is 5.96. The van der Waals surface area contributed by atoms with Crippen molar-refractivity contribution in [1.82, 2.24) is 9.97 Å². The highest BCUT2D eigenvalue weighted by Crippen LogP contribution is 2.27. The number of anilines is 1. The molecule has 1 aromatic carbocycles. The van der Waals surface area contributed by atoms with Gasteiger partial charge in [0.05, 0.1) is 12.8 Å². The molecule has 100 valence electrons. The van der Waals surface area contributed by atoms with Crippen molar-refractivity contribution in [2.75, 3.05) is 12.5 Å². The van der Waals surface area contributed by atoms with Crippen LogP contribution in [0.4, 0.5) is 5.95 Å². The molecule has 0 aliphatic carbocycles. The number of nitrogens with one attached hydrogen (secondary N) is 1. The van der Waals surface area contributed by atoms with Gasteiger partial charge in [0.25, 0.3) is 0 Å². The number of nitrogen functional groups attached to an aromatic ring is 1. The topological polar surface area (TPSA) is 82.3 Å². The molecule has 19 heavy (non-hydrogen) atoms. The van der Waals surface area contributed by atoms with Gasteiger partial charge >= 0.3 is 0 Å². The van der Waals surface area contributed by atoms with Gasteiger partial charge in [-0.1, -0.05) is 23.7 Å². The number of aromatic nitrogens is 2. The molecule has 0 atom stereocenters. The van der Waals surface area contributed by atoms with Gasteiger partial charge in [-0.3, -0.25) is 5.43 Å². The van der Waals surface area contributed by atoms with Gasteiger partial charge in [0.2, 0.25) is 11.8 Å². The van der Waals surface area contributed by atoms with Crippen LogP contribution in [0, 0.1) is 0 Å². The summed E-state index contributed by atoms with van der Waals surface area (Å²) in [5.74, 6) is 6.31. The van der Waals surface area contributed by atoms with Gasteiger partial charge in [0.1, 0.15) is 10.8 Å². The number of nitrogens with zero attached hydrogens (tertiary/aromatic N) is 2. The number of benzene rings is 1. The van der Waals surface area contributed by atoms with Gasteiger partial charge in [-0.15, -0.1) is 0 Å². The van der Waals surface area contributed by atoms with Crippen LogP contribution in [0.5, 0.6) is 11.6 Å². The van der Waals surface area contributed by atoms with E-state index >= 15 is 0 Å². The second-order valence-electron chi connectivity index (χ2n) is 3.67. The van der Waals surface area contributed by atoms with E-state index < -0.39 is 0 Å². The van der Waals surface area contributed by atoms with Crippen LogP contribution in [-0.4, -0.2) is 17.1 Å². The van der Waals surface area contributed by atoms with Gasteiger partial charge in [0, 0.05) is 7.11 Å². The van der Waals surface area contributed by atoms with Crippen molar-refractivity contribution >= 4 is 17.5 Å². The molecule has 7 heteroatoms. The minimum absolute atomic E-state index is 0.229. The Morgan fingerprint density at radius 3 is 3.00 bits per heavy atom. The largest absolute Gasteiger partial charge is 0.437 e. The number of methoxy groups -OCH3 is 1. The molecule has 0 saturated carbocycles. The summed E-state index contributed by atoms with van der Waals surface area (Å²) in [7, 11) is 1.63. The van der Waals surface area contributed by atoms with Crippen molar-refractivity contribution in [3.05, 3.63) is 41.0 Å². The predicted octanol–water partition coefficient (Wildman–Crippen LogP) is 2.35. The lowest BCUT2D eigenvalue weighted by atomic mass is 10.2. The molecule has 0 radical (unpaired) electrons. The lowest BCUT2D eigenvalue weighted by molar-refractivity contribution is 0.184. The summed E-state index contributed by atoms with van der Waals surface area (Å²) in [5, 5.41) is 0.302. The highest BCUT2D eigenvalue weighted by atomic mass is 35.5. The van der Waals surface area contributed by atoms with Crippen molar-refractivity contribution < 1.29 is 9.47 Å². The van der Waals surface area contributed by atoms with Gasteiger partial charge in [-0.25, -0.2) is 10.8 Å². The molecule has 0 amide bonds. The Morgan fingerprint density at radius 1 is 1.42 bits per heavy atom. The first-order valence-electron chi connectivity index (χ1n) is 5.48. The van der Waals surface area contributed by atoms with Crippen molar-refractivity contribution in [2.24, 2.45) is 5.84 Å². The molecule has 2 rings (SSSR count). The lowest BCUT2D eigenvalue weighted by Gasteiger charge is -2.08. The van der Waals surface area contributed by atoms with E-state index in [4.69, 9.17) is 26.9 Å². The monoisotopic (exact) mass is 280 g/mol. The van der Waals surface area contributed by atoms with Gasteiger partial charge < -0.3 is 9.47 Å². The molecule has 0 unspecified atom stereocenters. The molecule has 2 aromatic rings. The van der Waals surface area contributed by atoms with E-state index in [2.05, 4.69) is 15.4 Å². The molecule has 6 nitrogen and oxygen atoms in total. The van der Waals surface area contributed by atoms with Crippen LogP contribution >= 0.6 is 11.6 Å². The molecule has 3 N–H and O–H groups in total.